The fourth-order valence-electron chi connectivity index (χ4n) is 8.02. The largest absolute Gasteiger partial charge is 0.504 e. The van der Waals surface area contributed by atoms with E-state index in [0.29, 0.717) is 32.5 Å². The number of rotatable bonds is 9. The number of carbonyl (C=O) groups is 2. The summed E-state index contributed by atoms with van der Waals surface area (Å²) >= 11 is 1.98. The van der Waals surface area contributed by atoms with Gasteiger partial charge in [-0.25, -0.2) is 0 Å². The summed E-state index contributed by atoms with van der Waals surface area (Å²) in [5, 5.41) is 22.6. The zero-order valence-electron chi connectivity index (χ0n) is 27.1. The Labute approximate surface area is 288 Å². The lowest BCUT2D eigenvalue weighted by Crippen LogP contribution is -2.71. The van der Waals surface area contributed by atoms with Crippen molar-refractivity contribution in [2.75, 3.05) is 13.7 Å². The maximum absolute atomic E-state index is 13.8. The first kappa shape index (κ1) is 33.7. The number of benzene rings is 2. The van der Waals surface area contributed by atoms with Crippen molar-refractivity contribution in [1.29, 1.82) is 0 Å². The molecule has 3 aliphatic carbocycles. The number of hydrogen-bond donors (Lipinski definition) is 2. The van der Waals surface area contributed by atoms with Crippen LogP contribution in [0.25, 0.3) is 0 Å². The Hall–Kier alpha value is -3.19. The van der Waals surface area contributed by atoms with Crippen LogP contribution < -0.4 is 4.74 Å². The van der Waals surface area contributed by atoms with E-state index in [-0.39, 0.29) is 61.1 Å². The van der Waals surface area contributed by atoms with E-state index >= 15 is 0 Å². The minimum Gasteiger partial charge on any atom is -0.504 e. The molecule has 1 saturated carbocycles. The molecule has 0 radical (unpaired) electrons. The molecule has 2 aromatic rings. The van der Waals surface area contributed by atoms with Crippen molar-refractivity contribution >= 4 is 34.3 Å². The number of aliphatic hydroxyl groups is 1. The van der Waals surface area contributed by atoms with Crippen LogP contribution in [0.3, 0.4) is 0 Å². The van der Waals surface area contributed by atoms with E-state index in [0.717, 1.165) is 12.0 Å². The molecule has 1 heterocycles. The topological polar surface area (TPSA) is 121 Å². The summed E-state index contributed by atoms with van der Waals surface area (Å²) in [5.41, 5.74) is -0.229. The lowest BCUT2D eigenvalue weighted by atomic mass is 9.59. The summed E-state index contributed by atoms with van der Waals surface area (Å²) in [5.74, 6) is -2.85. The van der Waals surface area contributed by atoms with Crippen molar-refractivity contribution in [3.8, 4) is 11.5 Å². The molecule has 2 fully saturated rings. The molecule has 4 aliphatic rings. The predicted molar refractivity (Wildman–Crippen MR) is 181 cm³/mol. The van der Waals surface area contributed by atoms with Crippen molar-refractivity contribution < 1.29 is 43.5 Å². The number of Topliss-reactive ketones (excluding diaryl/α,β-unsaturated/α-hetero) is 1. The molecule has 47 heavy (non-hydrogen) atoms. The van der Waals surface area contributed by atoms with E-state index in [4.69, 9.17) is 23.7 Å². The van der Waals surface area contributed by atoms with Crippen molar-refractivity contribution in [3.05, 3.63) is 92.8 Å². The monoisotopic (exact) mass is 756 g/mol. The van der Waals surface area contributed by atoms with Gasteiger partial charge in [-0.1, -0.05) is 56.0 Å². The summed E-state index contributed by atoms with van der Waals surface area (Å²) < 4.78 is 31.8. The molecule has 1 aliphatic heterocycles. The number of ketones is 1. The summed E-state index contributed by atoms with van der Waals surface area (Å²) in [4.78, 5) is 26.9. The van der Waals surface area contributed by atoms with Gasteiger partial charge in [0.15, 0.2) is 17.3 Å². The normalized spacial score (nSPS) is 32.7. The number of methoxy groups -OCH3 is 1. The summed E-state index contributed by atoms with van der Waals surface area (Å²) in [6.45, 7) is 9.45. The van der Waals surface area contributed by atoms with Crippen molar-refractivity contribution in [2.24, 2.45) is 17.8 Å². The van der Waals surface area contributed by atoms with E-state index in [9.17, 15) is 19.8 Å². The Kier molecular flexibility index (Phi) is 9.10. The first-order valence-corrected chi connectivity index (χ1v) is 17.0. The zero-order valence-corrected chi connectivity index (χ0v) is 29.2. The number of phenols is 1. The SMILES string of the molecule is C=C(C)O[C@]1(Cc2ccccc2)OC2CC[C@@H](C)[C@@]3(O1)C2C=C(COC(=O)Cc1cc(I)c(O)c(OC)c1)C[C@]1(O)C(=O)C(C)=CC31. The maximum atomic E-state index is 13.8. The Morgan fingerprint density at radius 2 is 1.89 bits per heavy atom. The van der Waals surface area contributed by atoms with Gasteiger partial charge in [-0.3, -0.25) is 9.59 Å². The molecule has 3 unspecified atom stereocenters. The average Bonchev–Trinajstić information content (AvgIpc) is 3.17. The van der Waals surface area contributed by atoms with Gasteiger partial charge in [-0.2, -0.15) is 0 Å². The van der Waals surface area contributed by atoms with Crippen molar-refractivity contribution in [2.45, 2.75) is 76.2 Å². The van der Waals surface area contributed by atoms with Gasteiger partial charge >= 0.3 is 11.9 Å². The summed E-state index contributed by atoms with van der Waals surface area (Å²) in [6, 6.07) is 13.1. The average molecular weight is 757 g/mol. The number of halogens is 1. The lowest BCUT2D eigenvalue weighted by molar-refractivity contribution is -0.474. The third-order valence-electron chi connectivity index (χ3n) is 9.99. The number of hydrogen-bond acceptors (Lipinski definition) is 9. The first-order valence-electron chi connectivity index (χ1n) is 15.9. The Morgan fingerprint density at radius 1 is 1.15 bits per heavy atom. The predicted octanol–water partition coefficient (Wildman–Crippen LogP) is 5.94. The Balaban J connectivity index is 1.36. The Morgan fingerprint density at radius 3 is 2.60 bits per heavy atom. The second kappa shape index (κ2) is 12.7. The van der Waals surface area contributed by atoms with E-state index in [1.165, 1.54) is 7.11 Å². The highest BCUT2D eigenvalue weighted by molar-refractivity contribution is 14.1. The minimum atomic E-state index is -1.81. The molecular formula is C37H41IO9. The molecule has 0 amide bonds. The highest BCUT2D eigenvalue weighted by Gasteiger charge is 2.70. The van der Waals surface area contributed by atoms with E-state index in [1.807, 2.05) is 65.1 Å². The number of fused-ring (bicyclic) bond motifs is 1. The lowest BCUT2D eigenvalue weighted by Gasteiger charge is -2.61. The van der Waals surface area contributed by atoms with Crippen molar-refractivity contribution in [3.63, 3.8) is 0 Å². The molecule has 2 aromatic carbocycles. The van der Waals surface area contributed by atoms with Gasteiger partial charge in [0.2, 0.25) is 0 Å². The quantitative estimate of drug-likeness (QED) is 0.139. The van der Waals surface area contributed by atoms with Gasteiger partial charge in [0.05, 0.1) is 41.0 Å². The van der Waals surface area contributed by atoms with E-state index in [1.54, 1.807) is 26.0 Å². The third kappa shape index (κ3) is 6.02. The second-order valence-corrected chi connectivity index (χ2v) is 14.5. The number of esters is 1. The molecule has 6 rings (SSSR count). The fourth-order valence-corrected chi connectivity index (χ4v) is 8.69. The smallest absolute Gasteiger partial charge is 0.331 e. The van der Waals surface area contributed by atoms with Gasteiger partial charge in [-0.05, 0) is 89.6 Å². The number of ether oxygens (including phenoxy) is 5. The number of phenolic OH excluding ortho intramolecular Hbond substituents is 1. The minimum absolute atomic E-state index is 0.00817. The number of aromatic hydroxyl groups is 1. The van der Waals surface area contributed by atoms with E-state index < -0.39 is 29.1 Å². The van der Waals surface area contributed by atoms with Crippen LogP contribution in [0.5, 0.6) is 11.5 Å². The van der Waals surface area contributed by atoms with E-state index in [2.05, 4.69) is 13.5 Å². The molecule has 0 spiro atoms. The fraction of sp³-hybridized carbons (Fsp3) is 0.459. The Bertz CT molecular complexity index is 1650. The highest BCUT2D eigenvalue weighted by Crippen LogP contribution is 2.61. The van der Waals surface area contributed by atoms with Crippen molar-refractivity contribution in [1.82, 2.24) is 0 Å². The molecule has 0 aromatic heterocycles. The van der Waals surface area contributed by atoms with Crippen LogP contribution in [0.1, 0.15) is 51.2 Å². The summed E-state index contributed by atoms with van der Waals surface area (Å²) in [6.07, 6.45) is 5.16. The molecule has 7 atom stereocenters. The highest BCUT2D eigenvalue weighted by atomic mass is 127. The molecular weight excluding hydrogens is 715 g/mol. The molecule has 2 N–H and O–H groups in total. The first-order chi connectivity index (χ1) is 22.3. The molecule has 10 heteroatoms. The molecule has 1 saturated heterocycles. The van der Waals surface area contributed by atoms with Gasteiger partial charge in [0, 0.05) is 18.3 Å². The van der Waals surface area contributed by atoms with Crippen LogP contribution in [-0.4, -0.2) is 59.0 Å². The van der Waals surface area contributed by atoms with Crippen LogP contribution in [0, 0.1) is 21.3 Å². The van der Waals surface area contributed by atoms with Gasteiger partial charge < -0.3 is 33.9 Å². The molecule has 2 bridgehead atoms. The van der Waals surface area contributed by atoms with Gasteiger partial charge in [0.25, 0.3) is 0 Å². The molecule has 250 valence electrons. The zero-order chi connectivity index (χ0) is 33.7. The van der Waals surface area contributed by atoms with Crippen LogP contribution in [0.4, 0.5) is 0 Å². The standard InChI is InChI=1S/C37H41IO9/c1-21(2)45-36(19-24-9-7-6-8-10-24)46-29-12-11-23(4)37(47-36)27(29)14-26(18-35(42)31(37)13-22(3)34(35)41)20-44-32(39)17-25-15-28(38)33(40)30(16-25)43-5/h6-10,13-16,23,27,29,31,40,42H,1,11-12,17-20H2,2-5H3/t23-,27?,29?,31?,35-,36-,37-/m1/s1. The summed E-state index contributed by atoms with van der Waals surface area (Å²) in [7, 11) is 1.45. The second-order valence-electron chi connectivity index (χ2n) is 13.3. The third-order valence-corrected chi connectivity index (χ3v) is 10.8. The van der Waals surface area contributed by atoms with Crippen LogP contribution in [0.15, 0.2) is 78.1 Å². The van der Waals surface area contributed by atoms with Crippen LogP contribution in [-0.2, 0) is 41.4 Å². The molecule has 9 nitrogen and oxygen atoms in total. The van der Waals surface area contributed by atoms with Gasteiger partial charge in [0.1, 0.15) is 12.2 Å². The van der Waals surface area contributed by atoms with Gasteiger partial charge in [-0.15, -0.1) is 0 Å². The maximum Gasteiger partial charge on any atom is 0.331 e. The number of carbonyl (C=O) groups excluding carboxylic acids is 2. The van der Waals surface area contributed by atoms with Crippen LogP contribution >= 0.6 is 22.6 Å². The number of allylic oxidation sites excluding steroid dienone is 1. The van der Waals surface area contributed by atoms with Crippen LogP contribution in [0.2, 0.25) is 0 Å².